The standard InChI is InChI=1S/C30H27NO7/c1-18(36-22-8-4-3-5-9-22)37-27-25(31-28(32)23-10-6-7-11-24(23)29(31)33)16-20-17-35-30(38-26(20)27)19-12-14-21(34-2)15-13-19/h3-15,20,25-27,30H,1,16-17H2,2H3/t20-,25+,26+,27-,30?/m0/s1. The van der Waals surface area contributed by atoms with Gasteiger partial charge in [0.1, 0.15) is 23.7 Å². The predicted octanol–water partition coefficient (Wildman–Crippen LogP) is 4.73. The van der Waals surface area contributed by atoms with Crippen molar-refractivity contribution in [3.8, 4) is 11.5 Å². The molecule has 2 fully saturated rings. The third kappa shape index (κ3) is 4.31. The minimum absolute atomic E-state index is 0.0551. The minimum atomic E-state index is -0.705. The number of ether oxygens (including phenoxy) is 5. The maximum Gasteiger partial charge on any atom is 0.277 e. The molecule has 1 unspecified atom stereocenters. The molecule has 2 heterocycles. The molecule has 3 aliphatic rings. The van der Waals surface area contributed by atoms with E-state index in [0.29, 0.717) is 29.9 Å². The Balaban J connectivity index is 1.28. The number of para-hydroxylation sites is 1. The van der Waals surface area contributed by atoms with Gasteiger partial charge in [0.05, 0.1) is 30.9 Å². The number of hydrogen-bond donors (Lipinski definition) is 0. The Morgan fingerprint density at radius 1 is 0.895 bits per heavy atom. The molecular formula is C30H27NO7. The highest BCUT2D eigenvalue weighted by Crippen LogP contribution is 2.44. The highest BCUT2D eigenvalue weighted by molar-refractivity contribution is 6.21. The molecule has 2 aliphatic heterocycles. The third-order valence-corrected chi connectivity index (χ3v) is 7.24. The zero-order valence-corrected chi connectivity index (χ0v) is 20.8. The van der Waals surface area contributed by atoms with Crippen LogP contribution in [0.4, 0.5) is 0 Å². The summed E-state index contributed by atoms with van der Waals surface area (Å²) in [6.45, 7) is 4.33. The summed E-state index contributed by atoms with van der Waals surface area (Å²) in [7, 11) is 1.61. The second kappa shape index (κ2) is 9.96. The van der Waals surface area contributed by atoms with Crippen LogP contribution in [0.15, 0.2) is 91.4 Å². The van der Waals surface area contributed by atoms with Crippen molar-refractivity contribution in [3.05, 3.63) is 108 Å². The number of nitrogens with zero attached hydrogens (tertiary/aromatic N) is 1. The Hall–Kier alpha value is -4.14. The molecule has 3 aromatic carbocycles. The maximum absolute atomic E-state index is 13.4. The van der Waals surface area contributed by atoms with E-state index in [0.717, 1.165) is 11.3 Å². The summed E-state index contributed by atoms with van der Waals surface area (Å²) >= 11 is 0. The van der Waals surface area contributed by atoms with E-state index in [9.17, 15) is 9.59 Å². The van der Waals surface area contributed by atoms with Crippen molar-refractivity contribution in [2.45, 2.75) is 31.0 Å². The van der Waals surface area contributed by atoms with Crippen LogP contribution in [-0.2, 0) is 14.2 Å². The van der Waals surface area contributed by atoms with E-state index in [-0.39, 0.29) is 23.7 Å². The SMILES string of the molecule is C=C(Oc1ccccc1)O[C@@H]1[C@@H]2OC(c3ccc(OC)cc3)OC[C@@H]2C[C@H]1N1C(=O)c2ccccc2C1=O. The molecule has 5 atom stereocenters. The molecule has 38 heavy (non-hydrogen) atoms. The number of imide groups is 1. The number of methoxy groups -OCH3 is 1. The van der Waals surface area contributed by atoms with Gasteiger partial charge in [-0.05, 0) is 49.4 Å². The van der Waals surface area contributed by atoms with Crippen molar-refractivity contribution >= 4 is 11.8 Å². The van der Waals surface area contributed by atoms with E-state index in [1.165, 1.54) is 4.90 Å². The molecule has 194 valence electrons. The highest BCUT2D eigenvalue weighted by atomic mass is 16.7. The van der Waals surface area contributed by atoms with Crippen molar-refractivity contribution < 1.29 is 33.3 Å². The van der Waals surface area contributed by atoms with Crippen molar-refractivity contribution in [1.29, 1.82) is 0 Å². The molecule has 0 radical (unpaired) electrons. The highest BCUT2D eigenvalue weighted by Gasteiger charge is 2.55. The minimum Gasteiger partial charge on any atom is -0.497 e. The normalized spacial score (nSPS) is 26.0. The first-order valence-corrected chi connectivity index (χ1v) is 12.5. The van der Waals surface area contributed by atoms with Crippen LogP contribution in [0.25, 0.3) is 0 Å². The van der Waals surface area contributed by atoms with Crippen LogP contribution in [0.1, 0.15) is 39.0 Å². The summed E-state index contributed by atoms with van der Waals surface area (Å²) in [5.74, 6) is 0.556. The van der Waals surface area contributed by atoms with Gasteiger partial charge in [-0.3, -0.25) is 14.5 Å². The molecule has 8 nitrogen and oxygen atoms in total. The van der Waals surface area contributed by atoms with Crippen LogP contribution in [0.3, 0.4) is 0 Å². The zero-order chi connectivity index (χ0) is 26.2. The molecule has 3 aromatic rings. The van der Waals surface area contributed by atoms with E-state index in [1.807, 2.05) is 42.5 Å². The van der Waals surface area contributed by atoms with Crippen LogP contribution in [-0.4, -0.2) is 48.7 Å². The summed E-state index contributed by atoms with van der Waals surface area (Å²) in [6, 6.07) is 22.9. The van der Waals surface area contributed by atoms with Crippen LogP contribution < -0.4 is 9.47 Å². The Morgan fingerprint density at radius 2 is 1.55 bits per heavy atom. The number of carbonyl (C=O) groups excluding carboxylic acids is 2. The molecule has 6 rings (SSSR count). The number of fused-ring (bicyclic) bond motifs is 2. The van der Waals surface area contributed by atoms with E-state index >= 15 is 0 Å². The summed E-state index contributed by atoms with van der Waals surface area (Å²) < 4.78 is 29.8. The molecule has 1 aliphatic carbocycles. The zero-order valence-electron chi connectivity index (χ0n) is 20.8. The number of rotatable bonds is 7. The lowest BCUT2D eigenvalue weighted by Crippen LogP contribution is -2.49. The van der Waals surface area contributed by atoms with Gasteiger partial charge in [-0.1, -0.05) is 42.5 Å². The fraction of sp³-hybridized carbons (Fsp3) is 0.267. The quantitative estimate of drug-likeness (QED) is 0.334. The van der Waals surface area contributed by atoms with Crippen molar-refractivity contribution in [2.24, 2.45) is 5.92 Å². The van der Waals surface area contributed by atoms with E-state index in [4.69, 9.17) is 23.7 Å². The number of amides is 2. The lowest BCUT2D eigenvalue weighted by atomic mass is 10.0. The van der Waals surface area contributed by atoms with Crippen molar-refractivity contribution in [2.75, 3.05) is 13.7 Å². The van der Waals surface area contributed by atoms with Crippen LogP contribution in [0.5, 0.6) is 11.5 Å². The largest absolute Gasteiger partial charge is 0.497 e. The van der Waals surface area contributed by atoms with Gasteiger partial charge in [0.2, 0.25) is 0 Å². The third-order valence-electron chi connectivity index (χ3n) is 7.24. The van der Waals surface area contributed by atoms with Gasteiger partial charge in [0.15, 0.2) is 6.29 Å². The predicted molar refractivity (Wildman–Crippen MR) is 136 cm³/mol. The van der Waals surface area contributed by atoms with E-state index in [2.05, 4.69) is 6.58 Å². The Morgan fingerprint density at radius 3 is 2.21 bits per heavy atom. The molecule has 0 aromatic heterocycles. The van der Waals surface area contributed by atoms with Crippen molar-refractivity contribution in [1.82, 2.24) is 4.90 Å². The van der Waals surface area contributed by atoms with Crippen LogP contribution in [0.2, 0.25) is 0 Å². The summed E-state index contributed by atoms with van der Waals surface area (Å²) in [5.41, 5.74) is 1.60. The average Bonchev–Trinajstić information content (AvgIpc) is 3.42. The van der Waals surface area contributed by atoms with Gasteiger partial charge >= 0.3 is 0 Å². The second-order valence-corrected chi connectivity index (χ2v) is 9.50. The molecule has 0 spiro atoms. The Kier molecular flexibility index (Phi) is 6.35. The molecule has 1 saturated heterocycles. The number of carbonyl (C=O) groups is 2. The van der Waals surface area contributed by atoms with Gasteiger partial charge in [0, 0.05) is 11.5 Å². The first-order chi connectivity index (χ1) is 18.5. The second-order valence-electron chi connectivity index (χ2n) is 9.50. The van der Waals surface area contributed by atoms with E-state index in [1.54, 1.807) is 43.5 Å². The van der Waals surface area contributed by atoms with Crippen LogP contribution >= 0.6 is 0 Å². The summed E-state index contributed by atoms with van der Waals surface area (Å²) in [4.78, 5) is 28.1. The monoisotopic (exact) mass is 513 g/mol. The topological polar surface area (TPSA) is 83.5 Å². The van der Waals surface area contributed by atoms with Gasteiger partial charge in [-0.15, -0.1) is 0 Å². The van der Waals surface area contributed by atoms with Gasteiger partial charge in [-0.25, -0.2) is 0 Å². The summed E-state index contributed by atoms with van der Waals surface area (Å²) in [6.07, 6.45) is -1.35. The lowest BCUT2D eigenvalue weighted by molar-refractivity contribution is -0.252. The van der Waals surface area contributed by atoms with Crippen LogP contribution in [0, 0.1) is 5.92 Å². The number of benzene rings is 3. The van der Waals surface area contributed by atoms with Gasteiger partial charge < -0.3 is 23.7 Å². The first kappa shape index (κ1) is 24.2. The van der Waals surface area contributed by atoms with Crippen molar-refractivity contribution in [3.63, 3.8) is 0 Å². The average molecular weight is 514 g/mol. The molecule has 2 amide bonds. The Bertz CT molecular complexity index is 1320. The number of hydrogen-bond acceptors (Lipinski definition) is 7. The summed E-state index contributed by atoms with van der Waals surface area (Å²) in [5, 5.41) is 0. The van der Waals surface area contributed by atoms with E-state index < -0.39 is 24.5 Å². The maximum atomic E-state index is 13.4. The Labute approximate surface area is 220 Å². The molecule has 0 N–H and O–H groups in total. The molecule has 1 saturated carbocycles. The van der Waals surface area contributed by atoms with Gasteiger partial charge in [0.25, 0.3) is 17.8 Å². The molecule has 8 heteroatoms. The molecular weight excluding hydrogens is 486 g/mol. The molecule has 0 bridgehead atoms. The first-order valence-electron chi connectivity index (χ1n) is 12.5. The fourth-order valence-corrected chi connectivity index (χ4v) is 5.45. The smallest absolute Gasteiger partial charge is 0.277 e. The lowest BCUT2D eigenvalue weighted by Gasteiger charge is -2.36. The fourth-order valence-electron chi connectivity index (χ4n) is 5.45. The van der Waals surface area contributed by atoms with Gasteiger partial charge in [-0.2, -0.15) is 0 Å².